The van der Waals surface area contributed by atoms with Crippen LogP contribution in [0.3, 0.4) is 0 Å². The zero-order chi connectivity index (χ0) is 14.4. The molecular formula is C16H27N3O. The molecule has 0 bridgehead atoms. The Balaban J connectivity index is 1.96. The number of hydrogen-bond donors (Lipinski definition) is 1. The highest BCUT2D eigenvalue weighted by atomic mass is 16.5. The van der Waals surface area contributed by atoms with Gasteiger partial charge in [-0.15, -0.1) is 0 Å². The van der Waals surface area contributed by atoms with Crippen LogP contribution in [-0.4, -0.2) is 48.8 Å². The fraction of sp³-hybridized carbons (Fsp3) is 0.688. The van der Waals surface area contributed by atoms with Crippen molar-refractivity contribution >= 4 is 0 Å². The van der Waals surface area contributed by atoms with Crippen molar-refractivity contribution in [1.82, 2.24) is 15.2 Å². The van der Waals surface area contributed by atoms with E-state index in [1.54, 1.807) is 0 Å². The molecule has 1 aliphatic rings. The molecule has 0 radical (unpaired) electrons. The maximum Gasteiger partial charge on any atom is 0.0637 e. The zero-order valence-corrected chi connectivity index (χ0v) is 12.9. The van der Waals surface area contributed by atoms with Gasteiger partial charge in [-0.3, -0.25) is 9.88 Å². The summed E-state index contributed by atoms with van der Waals surface area (Å²) in [5.41, 5.74) is 2.21. The third-order valence-electron chi connectivity index (χ3n) is 3.91. The number of aromatic nitrogens is 1. The van der Waals surface area contributed by atoms with Crippen molar-refractivity contribution in [2.45, 2.75) is 45.3 Å². The molecule has 2 rings (SSSR count). The molecule has 1 fully saturated rings. The number of ether oxygens (including phenoxy) is 1. The largest absolute Gasteiger partial charge is 0.380 e. The van der Waals surface area contributed by atoms with Gasteiger partial charge in [0.25, 0.3) is 0 Å². The minimum absolute atomic E-state index is 0.428. The van der Waals surface area contributed by atoms with E-state index in [-0.39, 0.29) is 0 Å². The second-order valence-electron chi connectivity index (χ2n) is 5.68. The molecule has 0 saturated carbocycles. The summed E-state index contributed by atoms with van der Waals surface area (Å²) in [6.07, 6.45) is 2.27. The first kappa shape index (κ1) is 15.4. The van der Waals surface area contributed by atoms with Gasteiger partial charge in [-0.1, -0.05) is 13.0 Å². The number of pyridine rings is 1. The molecule has 2 heterocycles. The van der Waals surface area contributed by atoms with Gasteiger partial charge in [0.05, 0.1) is 12.3 Å². The average Bonchev–Trinajstić information content (AvgIpc) is 2.45. The molecule has 20 heavy (non-hydrogen) atoms. The van der Waals surface area contributed by atoms with E-state index in [2.05, 4.69) is 41.3 Å². The molecule has 1 aromatic rings. The van der Waals surface area contributed by atoms with Crippen molar-refractivity contribution in [1.29, 1.82) is 0 Å². The lowest BCUT2D eigenvalue weighted by atomic mass is 10.0. The first-order chi connectivity index (χ1) is 9.70. The lowest BCUT2D eigenvalue weighted by Crippen LogP contribution is -2.54. The molecule has 0 aliphatic carbocycles. The molecule has 4 heteroatoms. The third-order valence-corrected chi connectivity index (χ3v) is 3.91. The van der Waals surface area contributed by atoms with Crippen LogP contribution in [0, 0.1) is 6.92 Å². The summed E-state index contributed by atoms with van der Waals surface area (Å²) in [4.78, 5) is 6.96. The van der Waals surface area contributed by atoms with Crippen LogP contribution in [0.25, 0.3) is 0 Å². The maximum atomic E-state index is 5.67. The smallest absolute Gasteiger partial charge is 0.0637 e. The van der Waals surface area contributed by atoms with E-state index in [9.17, 15) is 0 Å². The van der Waals surface area contributed by atoms with E-state index in [1.165, 1.54) is 6.42 Å². The fourth-order valence-corrected chi connectivity index (χ4v) is 2.79. The van der Waals surface area contributed by atoms with Crippen molar-refractivity contribution in [2.75, 3.05) is 26.8 Å². The highest BCUT2D eigenvalue weighted by Crippen LogP contribution is 2.15. The lowest BCUT2D eigenvalue weighted by Gasteiger charge is -2.38. The summed E-state index contributed by atoms with van der Waals surface area (Å²) < 4.78 is 5.67. The van der Waals surface area contributed by atoms with Gasteiger partial charge in [-0.2, -0.15) is 0 Å². The van der Waals surface area contributed by atoms with Gasteiger partial charge >= 0.3 is 0 Å². The Kier molecular flexibility index (Phi) is 5.95. The average molecular weight is 277 g/mol. The molecule has 2 atom stereocenters. The Morgan fingerprint density at radius 2 is 2.30 bits per heavy atom. The standard InChI is InChI=1S/C16H27N3O/c1-4-9-17-15-8-10-20-12-16(15)19(3)11-14-7-5-6-13(2)18-14/h5-7,15-17H,4,8-12H2,1-3H3. The Morgan fingerprint density at radius 3 is 3.05 bits per heavy atom. The molecule has 1 aliphatic heterocycles. The zero-order valence-electron chi connectivity index (χ0n) is 12.9. The summed E-state index contributed by atoms with van der Waals surface area (Å²) in [7, 11) is 2.17. The number of aryl methyl sites for hydroxylation is 1. The van der Waals surface area contributed by atoms with Crippen molar-refractivity contribution in [3.05, 3.63) is 29.6 Å². The van der Waals surface area contributed by atoms with Gasteiger partial charge in [-0.05, 0) is 45.5 Å². The van der Waals surface area contributed by atoms with Crippen LogP contribution >= 0.6 is 0 Å². The topological polar surface area (TPSA) is 37.4 Å². The normalized spacial score (nSPS) is 23.2. The van der Waals surface area contributed by atoms with Crippen LogP contribution in [0.2, 0.25) is 0 Å². The van der Waals surface area contributed by atoms with E-state index in [4.69, 9.17) is 4.74 Å². The van der Waals surface area contributed by atoms with Crippen LogP contribution in [0.1, 0.15) is 31.2 Å². The quantitative estimate of drug-likeness (QED) is 0.863. The summed E-state index contributed by atoms with van der Waals surface area (Å²) in [6, 6.07) is 7.17. The van der Waals surface area contributed by atoms with Gasteiger partial charge in [-0.25, -0.2) is 0 Å². The van der Waals surface area contributed by atoms with E-state index in [1.807, 2.05) is 13.0 Å². The minimum atomic E-state index is 0.428. The molecule has 0 amide bonds. The van der Waals surface area contributed by atoms with Crippen molar-refractivity contribution in [3.8, 4) is 0 Å². The van der Waals surface area contributed by atoms with Crippen LogP contribution in [-0.2, 0) is 11.3 Å². The van der Waals surface area contributed by atoms with Crippen LogP contribution in [0.15, 0.2) is 18.2 Å². The Hall–Kier alpha value is -0.970. The van der Waals surface area contributed by atoms with E-state index in [0.29, 0.717) is 12.1 Å². The van der Waals surface area contributed by atoms with Gasteiger partial charge < -0.3 is 10.1 Å². The van der Waals surface area contributed by atoms with Crippen molar-refractivity contribution in [2.24, 2.45) is 0 Å². The summed E-state index contributed by atoms with van der Waals surface area (Å²) in [6.45, 7) is 7.89. The summed E-state index contributed by atoms with van der Waals surface area (Å²) in [5.74, 6) is 0. The lowest BCUT2D eigenvalue weighted by molar-refractivity contribution is 0.00314. The predicted molar refractivity (Wildman–Crippen MR) is 81.7 cm³/mol. The summed E-state index contributed by atoms with van der Waals surface area (Å²) in [5, 5.41) is 3.66. The minimum Gasteiger partial charge on any atom is -0.380 e. The fourth-order valence-electron chi connectivity index (χ4n) is 2.79. The van der Waals surface area contributed by atoms with Gasteiger partial charge in [0, 0.05) is 30.9 Å². The number of hydrogen-bond acceptors (Lipinski definition) is 4. The van der Waals surface area contributed by atoms with Gasteiger partial charge in [0.1, 0.15) is 0 Å². The van der Waals surface area contributed by atoms with E-state index in [0.717, 1.165) is 44.1 Å². The predicted octanol–water partition coefficient (Wildman–Crippen LogP) is 1.98. The molecular weight excluding hydrogens is 250 g/mol. The highest BCUT2D eigenvalue weighted by molar-refractivity contribution is 5.10. The molecule has 0 aromatic carbocycles. The monoisotopic (exact) mass is 277 g/mol. The molecule has 4 nitrogen and oxygen atoms in total. The van der Waals surface area contributed by atoms with Crippen LogP contribution in [0.5, 0.6) is 0 Å². The Bertz CT molecular complexity index is 410. The van der Waals surface area contributed by atoms with Crippen molar-refractivity contribution < 1.29 is 4.74 Å². The highest BCUT2D eigenvalue weighted by Gasteiger charge is 2.28. The molecule has 112 valence electrons. The molecule has 1 saturated heterocycles. The summed E-state index contributed by atoms with van der Waals surface area (Å²) >= 11 is 0. The maximum absolute atomic E-state index is 5.67. The number of nitrogens with zero attached hydrogens (tertiary/aromatic N) is 2. The van der Waals surface area contributed by atoms with Crippen LogP contribution in [0.4, 0.5) is 0 Å². The Morgan fingerprint density at radius 1 is 1.45 bits per heavy atom. The number of likely N-dealkylation sites (N-methyl/N-ethyl adjacent to an activating group) is 1. The third kappa shape index (κ3) is 4.27. The second-order valence-corrected chi connectivity index (χ2v) is 5.68. The Labute approximate surface area is 122 Å². The molecule has 2 unspecified atom stereocenters. The SMILES string of the molecule is CCCNC1CCOCC1N(C)Cc1cccc(C)n1. The molecule has 1 N–H and O–H groups in total. The van der Waals surface area contributed by atoms with E-state index < -0.39 is 0 Å². The molecule has 0 spiro atoms. The van der Waals surface area contributed by atoms with E-state index >= 15 is 0 Å². The first-order valence-corrected chi connectivity index (χ1v) is 7.64. The van der Waals surface area contributed by atoms with Gasteiger partial charge in [0.15, 0.2) is 0 Å². The number of nitrogens with one attached hydrogen (secondary N) is 1. The number of rotatable bonds is 6. The van der Waals surface area contributed by atoms with Gasteiger partial charge in [0.2, 0.25) is 0 Å². The second kappa shape index (κ2) is 7.72. The van der Waals surface area contributed by atoms with Crippen LogP contribution < -0.4 is 5.32 Å². The first-order valence-electron chi connectivity index (χ1n) is 7.64. The molecule has 1 aromatic heterocycles. The van der Waals surface area contributed by atoms with Crippen molar-refractivity contribution in [3.63, 3.8) is 0 Å².